The first kappa shape index (κ1) is 18.0. The highest BCUT2D eigenvalue weighted by Crippen LogP contribution is 2.29. The van der Waals surface area contributed by atoms with Gasteiger partial charge >= 0.3 is 0 Å². The van der Waals surface area contributed by atoms with Gasteiger partial charge in [-0.3, -0.25) is 4.79 Å². The van der Waals surface area contributed by atoms with Crippen LogP contribution in [0.15, 0.2) is 54.6 Å². The molecule has 0 aromatic heterocycles. The van der Waals surface area contributed by atoms with Crippen molar-refractivity contribution in [1.29, 1.82) is 10.5 Å². The number of hydrogen-bond acceptors (Lipinski definition) is 4. The Morgan fingerprint density at radius 2 is 1.52 bits per heavy atom. The van der Waals surface area contributed by atoms with E-state index in [1.807, 2.05) is 66.7 Å². The third kappa shape index (κ3) is 5.37. The molecule has 0 unspecified atom stereocenters. The lowest BCUT2D eigenvalue weighted by molar-refractivity contribution is -0.133. The zero-order valence-electron chi connectivity index (χ0n) is 13.9. The molecule has 25 heavy (non-hydrogen) atoms. The Labute approximate surface area is 147 Å². The monoisotopic (exact) mass is 333 g/mol. The summed E-state index contributed by atoms with van der Waals surface area (Å²) in [5.74, 6) is 0.399. The van der Waals surface area contributed by atoms with Crippen LogP contribution in [0.2, 0.25) is 0 Å². The minimum absolute atomic E-state index is 0.124. The molecule has 0 saturated carbocycles. The number of ether oxygens (including phenoxy) is 1. The summed E-state index contributed by atoms with van der Waals surface area (Å²) in [5, 5.41) is 17.4. The number of benzene rings is 2. The van der Waals surface area contributed by atoms with Crippen molar-refractivity contribution in [2.24, 2.45) is 0 Å². The SMILES string of the molecule is N#CCCN(CCC#N)C(=O)COc1ccccc1-c1ccccc1. The van der Waals surface area contributed by atoms with Crippen molar-refractivity contribution < 1.29 is 9.53 Å². The smallest absolute Gasteiger partial charge is 0.260 e. The molecule has 0 bridgehead atoms. The number of rotatable bonds is 8. The minimum Gasteiger partial charge on any atom is -0.483 e. The van der Waals surface area contributed by atoms with Gasteiger partial charge in [-0.1, -0.05) is 48.5 Å². The summed E-state index contributed by atoms with van der Waals surface area (Å²) in [6.07, 6.45) is 0.468. The maximum Gasteiger partial charge on any atom is 0.260 e. The summed E-state index contributed by atoms with van der Waals surface area (Å²) in [6.45, 7) is 0.488. The highest BCUT2D eigenvalue weighted by Gasteiger charge is 2.15. The molecule has 5 nitrogen and oxygen atoms in total. The molecule has 2 aromatic rings. The minimum atomic E-state index is -0.228. The largest absolute Gasteiger partial charge is 0.483 e. The van der Waals surface area contributed by atoms with E-state index < -0.39 is 0 Å². The number of carbonyl (C=O) groups is 1. The van der Waals surface area contributed by atoms with Gasteiger partial charge in [-0.25, -0.2) is 0 Å². The molecule has 0 N–H and O–H groups in total. The van der Waals surface area contributed by atoms with Crippen LogP contribution >= 0.6 is 0 Å². The highest BCUT2D eigenvalue weighted by molar-refractivity contribution is 5.78. The molecule has 1 amide bonds. The van der Waals surface area contributed by atoms with Crippen LogP contribution in [0.4, 0.5) is 0 Å². The van der Waals surface area contributed by atoms with Crippen molar-refractivity contribution in [2.75, 3.05) is 19.7 Å². The summed E-state index contributed by atoms with van der Waals surface area (Å²) >= 11 is 0. The Morgan fingerprint density at radius 3 is 2.16 bits per heavy atom. The molecule has 2 rings (SSSR count). The van der Waals surface area contributed by atoms with Gasteiger partial charge in [0.25, 0.3) is 5.91 Å². The first-order valence-corrected chi connectivity index (χ1v) is 8.05. The van der Waals surface area contributed by atoms with E-state index in [0.717, 1.165) is 11.1 Å². The molecule has 126 valence electrons. The van der Waals surface area contributed by atoms with E-state index in [1.165, 1.54) is 4.90 Å². The van der Waals surface area contributed by atoms with Gasteiger partial charge in [-0.15, -0.1) is 0 Å². The Morgan fingerprint density at radius 1 is 0.920 bits per heavy atom. The number of hydrogen-bond donors (Lipinski definition) is 0. The van der Waals surface area contributed by atoms with Gasteiger partial charge in [0.15, 0.2) is 6.61 Å². The van der Waals surface area contributed by atoms with E-state index in [-0.39, 0.29) is 25.4 Å². The second-order valence-corrected chi connectivity index (χ2v) is 5.35. The fraction of sp³-hybridized carbons (Fsp3) is 0.250. The van der Waals surface area contributed by atoms with E-state index in [1.54, 1.807) is 0 Å². The molecule has 2 aromatic carbocycles. The molecule has 0 fully saturated rings. The zero-order valence-corrected chi connectivity index (χ0v) is 13.9. The number of para-hydroxylation sites is 1. The second-order valence-electron chi connectivity index (χ2n) is 5.35. The quantitative estimate of drug-likeness (QED) is 0.742. The highest BCUT2D eigenvalue weighted by atomic mass is 16.5. The molecular weight excluding hydrogens is 314 g/mol. The summed E-state index contributed by atoms with van der Waals surface area (Å²) < 4.78 is 5.74. The first-order valence-electron chi connectivity index (χ1n) is 8.05. The summed E-state index contributed by atoms with van der Waals surface area (Å²) in [5.41, 5.74) is 1.92. The first-order chi connectivity index (χ1) is 12.3. The van der Waals surface area contributed by atoms with Gasteiger partial charge in [0.2, 0.25) is 0 Å². The third-order valence-corrected chi connectivity index (χ3v) is 3.66. The fourth-order valence-electron chi connectivity index (χ4n) is 2.41. The lowest BCUT2D eigenvalue weighted by Crippen LogP contribution is -2.36. The second kappa shape index (κ2) is 9.75. The molecule has 0 aliphatic rings. The Kier molecular flexibility index (Phi) is 7.03. The van der Waals surface area contributed by atoms with E-state index in [2.05, 4.69) is 0 Å². The lowest BCUT2D eigenvalue weighted by Gasteiger charge is -2.21. The van der Waals surface area contributed by atoms with Crippen LogP contribution in [0.5, 0.6) is 5.75 Å². The number of nitrogens with zero attached hydrogens (tertiary/aromatic N) is 3. The molecule has 0 heterocycles. The van der Waals surface area contributed by atoms with Crippen LogP contribution in [-0.4, -0.2) is 30.5 Å². The maximum absolute atomic E-state index is 12.4. The van der Waals surface area contributed by atoms with Gasteiger partial charge in [0.05, 0.1) is 25.0 Å². The molecular formula is C20H19N3O2. The van der Waals surface area contributed by atoms with E-state index >= 15 is 0 Å². The van der Waals surface area contributed by atoms with E-state index in [4.69, 9.17) is 15.3 Å². The predicted molar refractivity (Wildman–Crippen MR) is 94.4 cm³/mol. The molecule has 0 saturated heterocycles. The molecule has 0 aliphatic heterocycles. The van der Waals surface area contributed by atoms with Crippen LogP contribution in [0.1, 0.15) is 12.8 Å². The fourth-order valence-corrected chi connectivity index (χ4v) is 2.41. The average Bonchev–Trinajstić information content (AvgIpc) is 2.67. The van der Waals surface area contributed by atoms with Crippen molar-refractivity contribution in [3.63, 3.8) is 0 Å². The van der Waals surface area contributed by atoms with Gasteiger partial charge in [-0.2, -0.15) is 10.5 Å². The molecule has 0 atom stereocenters. The molecule has 5 heteroatoms. The molecule has 0 radical (unpaired) electrons. The number of amides is 1. The Balaban J connectivity index is 2.06. The topological polar surface area (TPSA) is 77.1 Å². The van der Waals surface area contributed by atoms with Crippen LogP contribution in [0.25, 0.3) is 11.1 Å². The van der Waals surface area contributed by atoms with Crippen molar-refractivity contribution in [3.8, 4) is 29.0 Å². The maximum atomic E-state index is 12.4. The van der Waals surface area contributed by atoms with Crippen molar-refractivity contribution in [2.45, 2.75) is 12.8 Å². The molecule has 0 spiro atoms. The summed E-state index contributed by atoms with van der Waals surface area (Å²) in [7, 11) is 0. The lowest BCUT2D eigenvalue weighted by atomic mass is 10.1. The summed E-state index contributed by atoms with van der Waals surface area (Å²) in [4.78, 5) is 13.9. The van der Waals surface area contributed by atoms with Crippen LogP contribution in [-0.2, 0) is 4.79 Å². The third-order valence-electron chi connectivity index (χ3n) is 3.66. The van der Waals surface area contributed by atoms with Crippen LogP contribution in [0.3, 0.4) is 0 Å². The van der Waals surface area contributed by atoms with E-state index in [9.17, 15) is 4.79 Å². The van der Waals surface area contributed by atoms with Crippen LogP contribution < -0.4 is 4.74 Å². The predicted octanol–water partition coefficient (Wildman–Crippen LogP) is 3.39. The van der Waals surface area contributed by atoms with Gasteiger partial charge in [0.1, 0.15) is 5.75 Å². The zero-order chi connectivity index (χ0) is 17.9. The standard InChI is InChI=1S/C20H19N3O2/c21-12-6-14-23(15-7-13-22)20(24)16-25-19-11-5-4-10-18(19)17-8-2-1-3-9-17/h1-5,8-11H,6-7,14-16H2. The Hall–Kier alpha value is -3.31. The average molecular weight is 333 g/mol. The van der Waals surface area contributed by atoms with Gasteiger partial charge < -0.3 is 9.64 Å². The van der Waals surface area contributed by atoms with E-state index in [0.29, 0.717) is 18.8 Å². The van der Waals surface area contributed by atoms with Crippen molar-refractivity contribution >= 4 is 5.91 Å². The Bertz CT molecular complexity index is 758. The number of nitriles is 2. The summed E-state index contributed by atoms with van der Waals surface area (Å²) in [6, 6.07) is 21.4. The normalized spacial score (nSPS) is 9.68. The van der Waals surface area contributed by atoms with Gasteiger partial charge in [0, 0.05) is 18.7 Å². The van der Waals surface area contributed by atoms with Crippen molar-refractivity contribution in [3.05, 3.63) is 54.6 Å². The number of carbonyl (C=O) groups excluding carboxylic acids is 1. The van der Waals surface area contributed by atoms with Gasteiger partial charge in [-0.05, 0) is 11.6 Å². The molecule has 0 aliphatic carbocycles. The van der Waals surface area contributed by atoms with Crippen molar-refractivity contribution in [1.82, 2.24) is 4.90 Å². The van der Waals surface area contributed by atoms with Crippen LogP contribution in [0, 0.1) is 22.7 Å².